The Labute approximate surface area is 78.5 Å². The quantitative estimate of drug-likeness (QED) is 0.716. The minimum atomic E-state index is -3.21. The molecule has 1 heterocycles. The highest BCUT2D eigenvalue weighted by atomic mass is 32.2. The van der Waals surface area contributed by atoms with Gasteiger partial charge in [-0.3, -0.25) is 0 Å². The Morgan fingerprint density at radius 1 is 1.46 bits per heavy atom. The average Bonchev–Trinajstić information content (AvgIpc) is 2.32. The Balaban J connectivity index is 3.24. The summed E-state index contributed by atoms with van der Waals surface area (Å²) in [5.74, 6) is 0.708. The van der Waals surface area contributed by atoms with E-state index in [0.29, 0.717) is 5.82 Å². The highest BCUT2D eigenvalue weighted by Gasteiger charge is 2.22. The van der Waals surface area contributed by atoms with Crippen molar-refractivity contribution in [2.75, 3.05) is 0 Å². The van der Waals surface area contributed by atoms with Gasteiger partial charge in [-0.15, -0.1) is 0 Å². The summed E-state index contributed by atoms with van der Waals surface area (Å²) < 4.78 is 24.9. The molecule has 0 radical (unpaired) electrons. The number of sulfone groups is 1. The second-order valence-corrected chi connectivity index (χ2v) is 5.78. The normalized spacial score (nSPS) is 12.4. The van der Waals surface area contributed by atoms with Gasteiger partial charge in [-0.1, -0.05) is 0 Å². The molecule has 0 N–H and O–H groups in total. The fourth-order valence-electron chi connectivity index (χ4n) is 0.905. The van der Waals surface area contributed by atoms with Crippen molar-refractivity contribution in [3.63, 3.8) is 0 Å². The molecule has 74 valence electrons. The van der Waals surface area contributed by atoms with Crippen LogP contribution in [0.2, 0.25) is 0 Å². The number of hydrogen-bond acceptors (Lipinski definition) is 3. The summed E-state index contributed by atoms with van der Waals surface area (Å²) in [5.41, 5.74) is 0. The Kier molecular flexibility index (Phi) is 2.47. The van der Waals surface area contributed by atoms with Crippen LogP contribution in [0.3, 0.4) is 0 Å². The number of imidazole rings is 1. The topological polar surface area (TPSA) is 52.0 Å². The second-order valence-electron chi connectivity index (χ2n) is 3.33. The number of rotatable bonds is 2. The molecular weight excluding hydrogens is 188 g/mol. The van der Waals surface area contributed by atoms with Gasteiger partial charge in [0, 0.05) is 13.2 Å². The van der Waals surface area contributed by atoms with Crippen LogP contribution in [0.5, 0.6) is 0 Å². The molecule has 0 saturated heterocycles. The zero-order valence-electron chi connectivity index (χ0n) is 8.27. The van der Waals surface area contributed by atoms with Gasteiger partial charge in [-0.05, 0) is 20.8 Å². The Bertz CT molecular complexity index is 384. The summed E-state index contributed by atoms with van der Waals surface area (Å²) in [7, 11) is -1.43. The van der Waals surface area contributed by atoms with Crippen molar-refractivity contribution in [2.45, 2.75) is 31.0 Å². The summed E-state index contributed by atoms with van der Waals surface area (Å²) in [6.45, 7) is 5.08. The first-order valence-electron chi connectivity index (χ1n) is 4.09. The van der Waals surface area contributed by atoms with Crippen LogP contribution in [-0.4, -0.2) is 23.2 Å². The zero-order valence-corrected chi connectivity index (χ0v) is 9.09. The Morgan fingerprint density at radius 2 is 2.00 bits per heavy atom. The van der Waals surface area contributed by atoms with Crippen molar-refractivity contribution >= 4 is 9.84 Å². The van der Waals surface area contributed by atoms with Gasteiger partial charge >= 0.3 is 0 Å². The molecule has 0 aromatic carbocycles. The van der Waals surface area contributed by atoms with E-state index in [-0.39, 0.29) is 5.03 Å². The minimum absolute atomic E-state index is 0.169. The molecule has 4 nitrogen and oxygen atoms in total. The van der Waals surface area contributed by atoms with E-state index in [1.54, 1.807) is 38.6 Å². The van der Waals surface area contributed by atoms with Crippen LogP contribution in [0.25, 0.3) is 0 Å². The molecule has 0 saturated carbocycles. The van der Waals surface area contributed by atoms with Gasteiger partial charge in [-0.25, -0.2) is 13.4 Å². The molecule has 0 atom stereocenters. The first kappa shape index (κ1) is 10.2. The molecule has 0 unspecified atom stereocenters. The molecular formula is C8H14N2O2S. The standard InChI is InChI=1S/C8H14N2O2S/c1-6(2)13(11,12)8-5-10(4)7(3)9-8/h5-6H,1-4H3. The van der Waals surface area contributed by atoms with E-state index in [0.717, 1.165) is 0 Å². The molecule has 1 rings (SSSR count). The lowest BCUT2D eigenvalue weighted by Gasteiger charge is -2.02. The van der Waals surface area contributed by atoms with Crippen molar-refractivity contribution in [1.29, 1.82) is 0 Å². The molecule has 0 fully saturated rings. The van der Waals surface area contributed by atoms with E-state index >= 15 is 0 Å². The number of aryl methyl sites for hydroxylation is 2. The third-order valence-corrected chi connectivity index (χ3v) is 4.02. The Morgan fingerprint density at radius 3 is 2.31 bits per heavy atom. The summed E-state index contributed by atoms with van der Waals surface area (Å²) >= 11 is 0. The van der Waals surface area contributed by atoms with Crippen LogP contribution in [0.1, 0.15) is 19.7 Å². The fraction of sp³-hybridized carbons (Fsp3) is 0.625. The summed E-state index contributed by atoms with van der Waals surface area (Å²) in [5, 5.41) is -0.246. The van der Waals surface area contributed by atoms with Crippen molar-refractivity contribution in [2.24, 2.45) is 7.05 Å². The van der Waals surface area contributed by atoms with E-state index in [9.17, 15) is 8.42 Å². The molecule has 1 aromatic heterocycles. The van der Waals surface area contributed by atoms with Crippen molar-refractivity contribution in [3.8, 4) is 0 Å². The lowest BCUT2D eigenvalue weighted by molar-refractivity contribution is 0.584. The first-order chi connectivity index (χ1) is 5.85. The van der Waals surface area contributed by atoms with Gasteiger partial charge in [0.05, 0.1) is 5.25 Å². The van der Waals surface area contributed by atoms with Crippen molar-refractivity contribution in [3.05, 3.63) is 12.0 Å². The SMILES string of the molecule is Cc1nc(S(=O)(=O)C(C)C)cn1C. The second kappa shape index (κ2) is 3.14. The van der Waals surface area contributed by atoms with Crippen LogP contribution >= 0.6 is 0 Å². The number of nitrogens with zero attached hydrogens (tertiary/aromatic N) is 2. The van der Waals surface area contributed by atoms with Crippen LogP contribution in [0, 0.1) is 6.92 Å². The van der Waals surface area contributed by atoms with Crippen LogP contribution in [-0.2, 0) is 16.9 Å². The maximum absolute atomic E-state index is 11.6. The molecule has 0 aliphatic heterocycles. The smallest absolute Gasteiger partial charge is 0.199 e. The van der Waals surface area contributed by atoms with E-state index < -0.39 is 15.1 Å². The van der Waals surface area contributed by atoms with Crippen LogP contribution in [0.4, 0.5) is 0 Å². The van der Waals surface area contributed by atoms with Gasteiger partial charge in [0.15, 0.2) is 14.9 Å². The maximum Gasteiger partial charge on any atom is 0.199 e. The molecule has 0 spiro atoms. The molecule has 0 aliphatic rings. The highest BCUT2D eigenvalue weighted by molar-refractivity contribution is 7.91. The minimum Gasteiger partial charge on any atom is -0.337 e. The fourth-order valence-corrected chi connectivity index (χ4v) is 1.95. The van der Waals surface area contributed by atoms with Gasteiger partial charge in [0.1, 0.15) is 5.82 Å². The number of hydrogen-bond donors (Lipinski definition) is 0. The van der Waals surface area contributed by atoms with E-state index in [4.69, 9.17) is 0 Å². The van der Waals surface area contributed by atoms with E-state index in [2.05, 4.69) is 4.98 Å². The maximum atomic E-state index is 11.6. The van der Waals surface area contributed by atoms with Gasteiger partial charge < -0.3 is 4.57 Å². The molecule has 0 bridgehead atoms. The molecule has 0 aliphatic carbocycles. The van der Waals surface area contributed by atoms with E-state index in [1.165, 1.54) is 0 Å². The largest absolute Gasteiger partial charge is 0.337 e. The van der Waals surface area contributed by atoms with E-state index in [1.807, 2.05) is 0 Å². The monoisotopic (exact) mass is 202 g/mol. The molecule has 13 heavy (non-hydrogen) atoms. The first-order valence-corrected chi connectivity index (χ1v) is 5.64. The molecule has 5 heteroatoms. The zero-order chi connectivity index (χ0) is 10.2. The predicted molar refractivity (Wildman–Crippen MR) is 50.3 cm³/mol. The van der Waals surface area contributed by atoms with Crippen LogP contribution in [0.15, 0.2) is 11.2 Å². The molecule has 1 aromatic rings. The van der Waals surface area contributed by atoms with Gasteiger partial charge in [0.25, 0.3) is 0 Å². The Hall–Kier alpha value is -0.840. The number of aromatic nitrogens is 2. The van der Waals surface area contributed by atoms with Crippen molar-refractivity contribution in [1.82, 2.24) is 9.55 Å². The summed E-state index contributed by atoms with van der Waals surface area (Å²) in [4.78, 5) is 3.98. The van der Waals surface area contributed by atoms with Gasteiger partial charge in [-0.2, -0.15) is 0 Å². The summed E-state index contributed by atoms with van der Waals surface area (Å²) in [6.07, 6.45) is 1.55. The average molecular weight is 202 g/mol. The lowest BCUT2D eigenvalue weighted by Crippen LogP contribution is -2.14. The van der Waals surface area contributed by atoms with Gasteiger partial charge in [0.2, 0.25) is 0 Å². The third kappa shape index (κ3) is 1.75. The highest BCUT2D eigenvalue weighted by Crippen LogP contribution is 2.14. The molecule has 0 amide bonds. The third-order valence-electron chi connectivity index (χ3n) is 2.00. The van der Waals surface area contributed by atoms with Crippen LogP contribution < -0.4 is 0 Å². The van der Waals surface area contributed by atoms with Crippen molar-refractivity contribution < 1.29 is 8.42 Å². The summed E-state index contributed by atoms with van der Waals surface area (Å²) in [6, 6.07) is 0. The predicted octanol–water partition coefficient (Wildman–Crippen LogP) is 0.911. The lowest BCUT2D eigenvalue weighted by atomic mass is 10.6.